The molecular formula is C16H18OS. The van der Waals surface area contributed by atoms with Crippen LogP contribution in [-0.2, 0) is 17.2 Å². The van der Waals surface area contributed by atoms with Gasteiger partial charge in [-0.3, -0.25) is 0 Å². The first-order chi connectivity index (χ1) is 8.66. The molecule has 2 rings (SSSR count). The predicted octanol–water partition coefficient (Wildman–Crippen LogP) is 4.05. The third-order valence-electron chi connectivity index (χ3n) is 2.71. The zero-order valence-corrected chi connectivity index (χ0v) is 11.6. The monoisotopic (exact) mass is 258 g/mol. The molecule has 94 valence electrons. The molecule has 0 amide bonds. The van der Waals surface area contributed by atoms with E-state index in [-0.39, 0.29) is 0 Å². The molecule has 0 radical (unpaired) electrons. The number of benzene rings is 2. The van der Waals surface area contributed by atoms with Crippen LogP contribution in [0.25, 0.3) is 0 Å². The van der Waals surface area contributed by atoms with Crippen molar-refractivity contribution in [2.24, 2.45) is 5.92 Å². The summed E-state index contributed by atoms with van der Waals surface area (Å²) in [6.07, 6.45) is 1.03. The largest absolute Gasteiger partial charge is 0.249 e. The molecule has 1 unspecified atom stereocenters. The first kappa shape index (κ1) is 13.0. The van der Waals surface area contributed by atoms with Gasteiger partial charge in [0, 0.05) is 9.79 Å². The molecule has 1 atom stereocenters. The fourth-order valence-corrected chi connectivity index (χ4v) is 3.08. The molecule has 18 heavy (non-hydrogen) atoms. The van der Waals surface area contributed by atoms with Crippen LogP contribution in [0, 0.1) is 5.92 Å². The highest BCUT2D eigenvalue weighted by atomic mass is 32.2. The normalized spacial score (nSPS) is 12.6. The van der Waals surface area contributed by atoms with Crippen LogP contribution in [0.15, 0.2) is 64.4 Å². The molecule has 2 aromatic carbocycles. The SMILES string of the molecule is CC(C)Cc1cccc(S(=O)c2ccccc2)c1. The Labute approximate surface area is 111 Å². The topological polar surface area (TPSA) is 17.1 Å². The summed E-state index contributed by atoms with van der Waals surface area (Å²) >= 11 is 0. The van der Waals surface area contributed by atoms with Crippen molar-refractivity contribution >= 4 is 10.8 Å². The highest BCUT2D eigenvalue weighted by molar-refractivity contribution is 7.85. The summed E-state index contributed by atoms with van der Waals surface area (Å²) < 4.78 is 12.4. The quantitative estimate of drug-likeness (QED) is 0.808. The van der Waals surface area contributed by atoms with E-state index < -0.39 is 10.8 Å². The summed E-state index contributed by atoms with van der Waals surface area (Å²) in [5.41, 5.74) is 1.26. The van der Waals surface area contributed by atoms with Gasteiger partial charge in [0.1, 0.15) is 0 Å². The van der Waals surface area contributed by atoms with Crippen LogP contribution in [0.4, 0.5) is 0 Å². The minimum Gasteiger partial charge on any atom is -0.249 e. The lowest BCUT2D eigenvalue weighted by molar-refractivity contribution is 0.645. The third kappa shape index (κ3) is 3.30. The number of hydrogen-bond donors (Lipinski definition) is 0. The van der Waals surface area contributed by atoms with Crippen molar-refractivity contribution < 1.29 is 4.21 Å². The highest BCUT2D eigenvalue weighted by Crippen LogP contribution is 2.18. The lowest BCUT2D eigenvalue weighted by Crippen LogP contribution is -1.97. The molecule has 1 nitrogen and oxygen atoms in total. The van der Waals surface area contributed by atoms with E-state index in [1.165, 1.54) is 5.56 Å². The van der Waals surface area contributed by atoms with Crippen molar-refractivity contribution in [2.45, 2.75) is 30.1 Å². The van der Waals surface area contributed by atoms with Crippen molar-refractivity contribution in [1.29, 1.82) is 0 Å². The Kier molecular flexibility index (Phi) is 4.32. The van der Waals surface area contributed by atoms with Crippen LogP contribution in [0.2, 0.25) is 0 Å². The molecule has 0 heterocycles. The summed E-state index contributed by atoms with van der Waals surface area (Å²) in [6.45, 7) is 4.39. The average molecular weight is 258 g/mol. The maximum absolute atomic E-state index is 12.4. The second-order valence-corrected chi connectivity index (χ2v) is 6.31. The summed E-state index contributed by atoms with van der Waals surface area (Å²) in [5, 5.41) is 0. The Balaban J connectivity index is 2.26. The van der Waals surface area contributed by atoms with Crippen LogP contribution in [0.5, 0.6) is 0 Å². The summed E-state index contributed by atoms with van der Waals surface area (Å²) in [7, 11) is -1.07. The van der Waals surface area contributed by atoms with Crippen LogP contribution in [0.1, 0.15) is 19.4 Å². The van der Waals surface area contributed by atoms with E-state index in [4.69, 9.17) is 0 Å². The van der Waals surface area contributed by atoms with E-state index in [0.29, 0.717) is 5.92 Å². The third-order valence-corrected chi connectivity index (χ3v) is 4.10. The molecule has 0 aromatic heterocycles. The average Bonchev–Trinajstić information content (AvgIpc) is 2.38. The number of rotatable bonds is 4. The molecular weight excluding hydrogens is 240 g/mol. The summed E-state index contributed by atoms with van der Waals surface area (Å²) in [4.78, 5) is 1.75. The molecule has 0 saturated heterocycles. The van der Waals surface area contributed by atoms with Gasteiger partial charge in [-0.15, -0.1) is 0 Å². The molecule has 0 aliphatic carbocycles. The molecule has 0 aliphatic heterocycles. The second kappa shape index (κ2) is 5.96. The van der Waals surface area contributed by atoms with E-state index >= 15 is 0 Å². The molecule has 0 saturated carbocycles. The van der Waals surface area contributed by atoms with Gasteiger partial charge in [0.05, 0.1) is 10.8 Å². The van der Waals surface area contributed by atoms with Gasteiger partial charge < -0.3 is 0 Å². The Hall–Kier alpha value is -1.41. The van der Waals surface area contributed by atoms with Gasteiger partial charge in [-0.1, -0.05) is 44.2 Å². The molecule has 0 N–H and O–H groups in total. The maximum atomic E-state index is 12.4. The van der Waals surface area contributed by atoms with Crippen LogP contribution < -0.4 is 0 Å². The van der Waals surface area contributed by atoms with Gasteiger partial charge >= 0.3 is 0 Å². The van der Waals surface area contributed by atoms with E-state index in [0.717, 1.165) is 16.2 Å². The standard InChI is InChI=1S/C16H18OS/c1-13(2)11-14-7-6-10-16(12-14)18(17)15-8-4-3-5-9-15/h3-10,12-13H,11H2,1-2H3. The van der Waals surface area contributed by atoms with Crippen LogP contribution in [0.3, 0.4) is 0 Å². The highest BCUT2D eigenvalue weighted by Gasteiger charge is 2.07. The van der Waals surface area contributed by atoms with Crippen molar-refractivity contribution in [3.63, 3.8) is 0 Å². The maximum Gasteiger partial charge on any atom is 0.0849 e. The van der Waals surface area contributed by atoms with Crippen molar-refractivity contribution in [3.8, 4) is 0 Å². The molecule has 0 spiro atoms. The Bertz CT molecular complexity index is 532. The summed E-state index contributed by atoms with van der Waals surface area (Å²) in [5.74, 6) is 0.616. The van der Waals surface area contributed by atoms with E-state index in [2.05, 4.69) is 26.0 Å². The van der Waals surface area contributed by atoms with Gasteiger partial charge in [0.15, 0.2) is 0 Å². The van der Waals surface area contributed by atoms with E-state index in [9.17, 15) is 4.21 Å². The predicted molar refractivity (Wildman–Crippen MR) is 76.1 cm³/mol. The fraction of sp³-hybridized carbons (Fsp3) is 0.250. The van der Waals surface area contributed by atoms with Gasteiger partial charge in [0.25, 0.3) is 0 Å². The minimum absolute atomic E-state index is 0.616. The molecule has 0 aliphatic rings. The van der Waals surface area contributed by atoms with Crippen LogP contribution in [-0.4, -0.2) is 4.21 Å². The zero-order chi connectivity index (χ0) is 13.0. The Morgan fingerprint density at radius 2 is 1.61 bits per heavy atom. The van der Waals surface area contributed by atoms with E-state index in [1.54, 1.807) is 0 Å². The lowest BCUT2D eigenvalue weighted by atomic mass is 10.0. The summed E-state index contributed by atoms with van der Waals surface area (Å²) in [6, 6.07) is 17.7. The van der Waals surface area contributed by atoms with Crippen LogP contribution >= 0.6 is 0 Å². The van der Waals surface area contributed by atoms with Gasteiger partial charge in [-0.2, -0.15) is 0 Å². The molecule has 0 bridgehead atoms. The Morgan fingerprint density at radius 3 is 2.28 bits per heavy atom. The first-order valence-corrected chi connectivity index (χ1v) is 7.37. The molecule has 2 heteroatoms. The molecule has 2 aromatic rings. The first-order valence-electron chi connectivity index (χ1n) is 6.22. The van der Waals surface area contributed by atoms with Gasteiger partial charge in [-0.25, -0.2) is 4.21 Å². The van der Waals surface area contributed by atoms with Gasteiger partial charge in [0.2, 0.25) is 0 Å². The second-order valence-electron chi connectivity index (χ2n) is 4.83. The fourth-order valence-electron chi connectivity index (χ4n) is 1.94. The van der Waals surface area contributed by atoms with Crippen molar-refractivity contribution in [1.82, 2.24) is 0 Å². The number of hydrogen-bond acceptors (Lipinski definition) is 1. The van der Waals surface area contributed by atoms with Crippen molar-refractivity contribution in [2.75, 3.05) is 0 Å². The minimum atomic E-state index is -1.07. The van der Waals surface area contributed by atoms with Crippen molar-refractivity contribution in [3.05, 3.63) is 60.2 Å². The zero-order valence-electron chi connectivity index (χ0n) is 10.8. The Morgan fingerprint density at radius 1 is 0.944 bits per heavy atom. The smallest absolute Gasteiger partial charge is 0.0849 e. The van der Waals surface area contributed by atoms with Gasteiger partial charge in [-0.05, 0) is 42.2 Å². The molecule has 0 fully saturated rings. The lowest BCUT2D eigenvalue weighted by Gasteiger charge is -2.07. The van der Waals surface area contributed by atoms with E-state index in [1.807, 2.05) is 42.5 Å².